The Morgan fingerprint density at radius 1 is 1.20 bits per heavy atom. The molecule has 0 saturated heterocycles. The maximum absolute atomic E-state index is 13.2. The molecule has 0 aliphatic carbocycles. The van der Waals surface area contributed by atoms with E-state index in [1.54, 1.807) is 18.2 Å². The number of benzene rings is 2. The summed E-state index contributed by atoms with van der Waals surface area (Å²) in [5.41, 5.74) is 7.92. The number of nitrogen functional groups attached to an aromatic ring is 1. The van der Waals surface area contributed by atoms with E-state index in [0.717, 1.165) is 11.6 Å². The lowest BCUT2D eigenvalue weighted by Crippen LogP contribution is -2.06. The van der Waals surface area contributed by atoms with Crippen molar-refractivity contribution in [2.45, 2.75) is 6.42 Å². The summed E-state index contributed by atoms with van der Waals surface area (Å²) in [5.74, 6) is -0.973. The van der Waals surface area contributed by atoms with Crippen LogP contribution < -0.4 is 11.1 Å². The highest BCUT2D eigenvalue weighted by Crippen LogP contribution is 2.26. The Morgan fingerprint density at radius 2 is 2.00 bits per heavy atom. The van der Waals surface area contributed by atoms with Crippen molar-refractivity contribution in [3.05, 3.63) is 58.9 Å². The Bertz CT molecular complexity index is 741. The van der Waals surface area contributed by atoms with E-state index in [1.807, 2.05) is 0 Å². The Morgan fingerprint density at radius 3 is 2.80 bits per heavy atom. The molecule has 0 radical (unpaired) electrons. The number of carbonyl (C=O) groups excluding carboxylic acids is 2. The fourth-order valence-corrected chi connectivity index (χ4v) is 2.25. The molecular formula is C15H11FN2O2. The molecule has 0 aromatic heterocycles. The van der Waals surface area contributed by atoms with Crippen LogP contribution in [-0.2, 0) is 11.2 Å². The van der Waals surface area contributed by atoms with Crippen LogP contribution in [0.15, 0.2) is 36.4 Å². The summed E-state index contributed by atoms with van der Waals surface area (Å²) in [6.45, 7) is 0. The van der Waals surface area contributed by atoms with Gasteiger partial charge >= 0.3 is 0 Å². The van der Waals surface area contributed by atoms with Crippen LogP contribution in [0.2, 0.25) is 0 Å². The van der Waals surface area contributed by atoms with E-state index in [-0.39, 0.29) is 29.4 Å². The quantitative estimate of drug-likeness (QED) is 0.648. The summed E-state index contributed by atoms with van der Waals surface area (Å²) < 4.78 is 13.2. The zero-order chi connectivity index (χ0) is 14.3. The summed E-state index contributed by atoms with van der Waals surface area (Å²) in [6, 6.07) is 8.59. The molecule has 0 unspecified atom stereocenters. The lowest BCUT2D eigenvalue weighted by atomic mass is 9.99. The Kier molecular flexibility index (Phi) is 2.75. The molecule has 0 spiro atoms. The molecule has 2 aromatic carbocycles. The second-order valence-corrected chi connectivity index (χ2v) is 4.66. The summed E-state index contributed by atoms with van der Waals surface area (Å²) >= 11 is 0. The lowest BCUT2D eigenvalue weighted by molar-refractivity contribution is -0.115. The molecule has 0 saturated carbocycles. The standard InChI is InChI=1S/C15H11FN2O2/c16-10-2-3-12(17)11(7-10)15(20)8-1-4-13-9(5-8)6-14(19)18-13/h1-5,7H,6,17H2,(H,18,19). The van der Waals surface area contributed by atoms with Gasteiger partial charge in [0.1, 0.15) is 5.82 Å². The van der Waals surface area contributed by atoms with E-state index in [4.69, 9.17) is 5.73 Å². The summed E-state index contributed by atoms with van der Waals surface area (Å²) in [5, 5.41) is 2.69. The van der Waals surface area contributed by atoms with Crippen LogP contribution in [0, 0.1) is 5.82 Å². The number of nitrogens with one attached hydrogen (secondary N) is 1. The smallest absolute Gasteiger partial charge is 0.228 e. The van der Waals surface area contributed by atoms with Gasteiger partial charge in [-0.25, -0.2) is 4.39 Å². The van der Waals surface area contributed by atoms with Gasteiger partial charge in [-0.2, -0.15) is 0 Å². The highest BCUT2D eigenvalue weighted by molar-refractivity contribution is 6.13. The molecule has 5 heteroatoms. The van der Waals surface area contributed by atoms with Crippen LogP contribution in [-0.4, -0.2) is 11.7 Å². The average molecular weight is 270 g/mol. The molecule has 4 nitrogen and oxygen atoms in total. The minimum absolute atomic E-state index is 0.102. The number of ketones is 1. The molecule has 3 N–H and O–H groups in total. The number of halogens is 1. The van der Waals surface area contributed by atoms with Crippen molar-refractivity contribution in [1.82, 2.24) is 0 Å². The van der Waals surface area contributed by atoms with Gasteiger partial charge in [0.25, 0.3) is 0 Å². The first-order valence-electron chi connectivity index (χ1n) is 6.07. The molecular weight excluding hydrogens is 259 g/mol. The van der Waals surface area contributed by atoms with E-state index < -0.39 is 5.82 Å². The monoisotopic (exact) mass is 270 g/mol. The van der Waals surface area contributed by atoms with Gasteiger partial charge in [-0.05, 0) is 42.0 Å². The van der Waals surface area contributed by atoms with Crippen LogP contribution in [0.25, 0.3) is 0 Å². The van der Waals surface area contributed by atoms with Crippen molar-refractivity contribution in [3.8, 4) is 0 Å². The second-order valence-electron chi connectivity index (χ2n) is 4.66. The highest BCUT2D eigenvalue weighted by Gasteiger charge is 2.20. The van der Waals surface area contributed by atoms with E-state index in [2.05, 4.69) is 5.32 Å². The van der Waals surface area contributed by atoms with Gasteiger partial charge < -0.3 is 11.1 Å². The zero-order valence-electron chi connectivity index (χ0n) is 10.4. The number of amides is 1. The molecule has 3 rings (SSSR count). The van der Waals surface area contributed by atoms with Gasteiger partial charge in [0, 0.05) is 22.5 Å². The number of anilines is 2. The van der Waals surface area contributed by atoms with Crippen molar-refractivity contribution < 1.29 is 14.0 Å². The third-order valence-electron chi connectivity index (χ3n) is 3.25. The normalized spacial score (nSPS) is 12.9. The summed E-state index contributed by atoms with van der Waals surface area (Å²) in [4.78, 5) is 23.6. The minimum Gasteiger partial charge on any atom is -0.398 e. The van der Waals surface area contributed by atoms with Crippen molar-refractivity contribution >= 4 is 23.1 Å². The predicted molar refractivity (Wildman–Crippen MR) is 73.0 cm³/mol. The summed E-state index contributed by atoms with van der Waals surface area (Å²) in [7, 11) is 0. The first-order chi connectivity index (χ1) is 9.54. The van der Waals surface area contributed by atoms with Crippen molar-refractivity contribution in [3.63, 3.8) is 0 Å². The number of rotatable bonds is 2. The maximum atomic E-state index is 13.2. The topological polar surface area (TPSA) is 72.2 Å². The van der Waals surface area contributed by atoms with Crippen molar-refractivity contribution in [1.29, 1.82) is 0 Å². The third kappa shape index (κ3) is 2.03. The minimum atomic E-state index is -0.513. The SMILES string of the molecule is Nc1ccc(F)cc1C(=O)c1ccc2c(c1)CC(=O)N2. The van der Waals surface area contributed by atoms with Crippen molar-refractivity contribution in [2.24, 2.45) is 0 Å². The van der Waals surface area contributed by atoms with Gasteiger partial charge in [0.2, 0.25) is 5.91 Å². The molecule has 1 aliphatic heterocycles. The summed E-state index contributed by atoms with van der Waals surface area (Å²) in [6.07, 6.45) is 0.245. The predicted octanol–water partition coefficient (Wildman–Crippen LogP) is 2.13. The molecule has 100 valence electrons. The first kappa shape index (κ1) is 12.3. The molecule has 0 atom stereocenters. The van der Waals surface area contributed by atoms with Crippen LogP contribution >= 0.6 is 0 Å². The fourth-order valence-electron chi connectivity index (χ4n) is 2.25. The lowest BCUT2D eigenvalue weighted by Gasteiger charge is -2.06. The Hall–Kier alpha value is -2.69. The van der Waals surface area contributed by atoms with E-state index >= 15 is 0 Å². The fraction of sp³-hybridized carbons (Fsp3) is 0.0667. The van der Waals surface area contributed by atoms with Gasteiger partial charge in [-0.3, -0.25) is 9.59 Å². The highest BCUT2D eigenvalue weighted by atomic mass is 19.1. The second kappa shape index (κ2) is 4.45. The number of carbonyl (C=O) groups is 2. The zero-order valence-corrected chi connectivity index (χ0v) is 10.4. The number of hydrogen-bond donors (Lipinski definition) is 2. The number of nitrogens with two attached hydrogens (primary N) is 1. The Balaban J connectivity index is 2.01. The van der Waals surface area contributed by atoms with Gasteiger partial charge in [0.15, 0.2) is 5.78 Å². The molecule has 1 amide bonds. The molecule has 0 bridgehead atoms. The van der Waals surface area contributed by atoms with Gasteiger partial charge in [-0.1, -0.05) is 0 Å². The van der Waals surface area contributed by atoms with Gasteiger partial charge in [-0.15, -0.1) is 0 Å². The maximum Gasteiger partial charge on any atom is 0.228 e. The van der Waals surface area contributed by atoms with Gasteiger partial charge in [0.05, 0.1) is 6.42 Å². The van der Waals surface area contributed by atoms with E-state index in [0.29, 0.717) is 11.3 Å². The Labute approximate surface area is 114 Å². The largest absolute Gasteiger partial charge is 0.398 e. The van der Waals surface area contributed by atoms with Crippen LogP contribution in [0.4, 0.5) is 15.8 Å². The molecule has 1 heterocycles. The molecule has 20 heavy (non-hydrogen) atoms. The van der Waals surface area contributed by atoms with Crippen LogP contribution in [0.1, 0.15) is 21.5 Å². The molecule has 1 aliphatic rings. The molecule has 2 aromatic rings. The van der Waals surface area contributed by atoms with E-state index in [1.165, 1.54) is 12.1 Å². The first-order valence-corrected chi connectivity index (χ1v) is 6.07. The van der Waals surface area contributed by atoms with Crippen LogP contribution in [0.5, 0.6) is 0 Å². The average Bonchev–Trinajstić information content (AvgIpc) is 2.79. The number of fused-ring (bicyclic) bond motifs is 1. The van der Waals surface area contributed by atoms with Crippen molar-refractivity contribution in [2.75, 3.05) is 11.1 Å². The van der Waals surface area contributed by atoms with Crippen LogP contribution in [0.3, 0.4) is 0 Å². The van der Waals surface area contributed by atoms with E-state index in [9.17, 15) is 14.0 Å². The molecule has 0 fully saturated rings. The third-order valence-corrected chi connectivity index (χ3v) is 3.25. The number of hydrogen-bond acceptors (Lipinski definition) is 3.